The van der Waals surface area contributed by atoms with Gasteiger partial charge in [0.1, 0.15) is 10.8 Å². The molecule has 1 aromatic heterocycles. The third kappa shape index (κ3) is 3.78. The highest BCUT2D eigenvalue weighted by atomic mass is 32.1. The Labute approximate surface area is 149 Å². The molecule has 0 bridgehead atoms. The van der Waals surface area contributed by atoms with Gasteiger partial charge in [0.05, 0.1) is 5.69 Å². The molecule has 128 valence electrons. The number of nitrogens with zero attached hydrogens (tertiary/aromatic N) is 1. The van der Waals surface area contributed by atoms with Crippen LogP contribution in [0.1, 0.15) is 66.6 Å². The smallest absolute Gasteiger partial charge is 0.123 e. The van der Waals surface area contributed by atoms with Gasteiger partial charge < -0.3 is 5.11 Å². The van der Waals surface area contributed by atoms with Crippen molar-refractivity contribution in [3.63, 3.8) is 0 Å². The van der Waals surface area contributed by atoms with Crippen LogP contribution in [0.2, 0.25) is 0 Å². The lowest BCUT2D eigenvalue weighted by Gasteiger charge is -2.11. The fraction of sp³-hybridized carbons (Fsp3) is 0.381. The van der Waals surface area contributed by atoms with Crippen molar-refractivity contribution >= 4 is 22.7 Å². The Morgan fingerprint density at radius 3 is 2.33 bits per heavy atom. The first kappa shape index (κ1) is 18.5. The molecular formula is C21H27NOS. The molecule has 1 heterocycles. The summed E-state index contributed by atoms with van der Waals surface area (Å²) < 4.78 is 0. The van der Waals surface area contributed by atoms with E-state index < -0.39 is 0 Å². The fourth-order valence-corrected chi connectivity index (χ4v) is 3.65. The second kappa shape index (κ2) is 7.35. The minimum absolute atomic E-state index is 0.299. The van der Waals surface area contributed by atoms with Crippen LogP contribution < -0.4 is 0 Å². The normalized spacial score (nSPS) is 11.9. The van der Waals surface area contributed by atoms with Gasteiger partial charge >= 0.3 is 0 Å². The van der Waals surface area contributed by atoms with Gasteiger partial charge in [0, 0.05) is 16.5 Å². The molecule has 0 spiro atoms. The summed E-state index contributed by atoms with van der Waals surface area (Å²) in [5.74, 6) is 0.709. The zero-order valence-corrected chi connectivity index (χ0v) is 16.5. The van der Waals surface area contributed by atoms with Crippen LogP contribution in [0.4, 0.5) is 0 Å². The summed E-state index contributed by atoms with van der Waals surface area (Å²) in [7, 11) is 0. The van der Waals surface area contributed by atoms with Crippen LogP contribution in [0.15, 0.2) is 29.2 Å². The van der Waals surface area contributed by atoms with E-state index in [1.165, 1.54) is 11.1 Å². The van der Waals surface area contributed by atoms with Gasteiger partial charge in [-0.2, -0.15) is 0 Å². The van der Waals surface area contributed by atoms with Crippen molar-refractivity contribution in [2.24, 2.45) is 0 Å². The SMILES string of the molecule is CC(C)=C(/C=C(/O)c1ccc(C)c(C)c1C)c1nc(C(C)C)cs1. The maximum absolute atomic E-state index is 10.7. The first-order valence-electron chi connectivity index (χ1n) is 8.33. The Kier molecular flexibility index (Phi) is 5.66. The molecule has 0 saturated heterocycles. The van der Waals surface area contributed by atoms with Crippen LogP contribution in [0.3, 0.4) is 0 Å². The quantitative estimate of drug-likeness (QED) is 0.503. The molecule has 0 saturated carbocycles. The van der Waals surface area contributed by atoms with Crippen molar-refractivity contribution in [1.29, 1.82) is 0 Å². The number of aryl methyl sites for hydroxylation is 1. The van der Waals surface area contributed by atoms with Gasteiger partial charge in [0.25, 0.3) is 0 Å². The summed E-state index contributed by atoms with van der Waals surface area (Å²) in [6, 6.07) is 4.05. The lowest BCUT2D eigenvalue weighted by Crippen LogP contribution is -1.95. The van der Waals surface area contributed by atoms with Crippen LogP contribution in [0, 0.1) is 20.8 Å². The minimum atomic E-state index is 0.299. The van der Waals surface area contributed by atoms with Gasteiger partial charge in [-0.1, -0.05) is 31.6 Å². The Morgan fingerprint density at radius 2 is 1.79 bits per heavy atom. The Bertz CT molecular complexity index is 805. The Balaban J connectivity index is 2.48. The third-order valence-corrected chi connectivity index (χ3v) is 5.39. The second-order valence-electron chi connectivity index (χ2n) is 6.86. The van der Waals surface area contributed by atoms with Gasteiger partial charge in [-0.05, 0) is 63.3 Å². The van der Waals surface area contributed by atoms with Crippen molar-refractivity contribution < 1.29 is 5.11 Å². The molecule has 0 amide bonds. The van der Waals surface area contributed by atoms with Crippen LogP contribution in [0.5, 0.6) is 0 Å². The summed E-state index contributed by atoms with van der Waals surface area (Å²) >= 11 is 1.64. The predicted molar refractivity (Wildman–Crippen MR) is 106 cm³/mol. The monoisotopic (exact) mass is 341 g/mol. The first-order chi connectivity index (χ1) is 11.2. The van der Waals surface area contributed by atoms with Crippen molar-refractivity contribution in [2.45, 2.75) is 54.4 Å². The molecule has 2 rings (SSSR count). The number of benzene rings is 1. The van der Waals surface area contributed by atoms with Gasteiger partial charge in [0.2, 0.25) is 0 Å². The van der Waals surface area contributed by atoms with Crippen molar-refractivity contribution in [3.8, 4) is 0 Å². The molecule has 24 heavy (non-hydrogen) atoms. The zero-order valence-electron chi connectivity index (χ0n) is 15.7. The number of hydrogen-bond donors (Lipinski definition) is 1. The Morgan fingerprint density at radius 1 is 1.12 bits per heavy atom. The predicted octanol–water partition coefficient (Wildman–Crippen LogP) is 6.58. The number of aliphatic hydroxyl groups excluding tert-OH is 1. The number of aromatic nitrogens is 1. The molecule has 3 heteroatoms. The minimum Gasteiger partial charge on any atom is -0.507 e. The van der Waals surface area contributed by atoms with Gasteiger partial charge in [-0.15, -0.1) is 11.3 Å². The van der Waals surface area contributed by atoms with E-state index >= 15 is 0 Å². The van der Waals surface area contributed by atoms with E-state index in [-0.39, 0.29) is 0 Å². The highest BCUT2D eigenvalue weighted by molar-refractivity contribution is 7.10. The zero-order chi connectivity index (χ0) is 18.0. The van der Waals surface area contributed by atoms with Gasteiger partial charge in [0.15, 0.2) is 0 Å². The van der Waals surface area contributed by atoms with Crippen LogP contribution in [0.25, 0.3) is 11.3 Å². The van der Waals surface area contributed by atoms with E-state index in [2.05, 4.69) is 59.9 Å². The third-order valence-electron chi connectivity index (χ3n) is 4.50. The summed E-state index contributed by atoms with van der Waals surface area (Å²) in [6.07, 6.45) is 1.86. The summed E-state index contributed by atoms with van der Waals surface area (Å²) in [6.45, 7) is 14.7. The Hall–Kier alpha value is -1.87. The number of aliphatic hydroxyl groups is 1. The fourth-order valence-electron chi connectivity index (χ4n) is 2.54. The molecule has 2 nitrogen and oxygen atoms in total. The number of hydrogen-bond acceptors (Lipinski definition) is 3. The number of allylic oxidation sites excluding steroid dienone is 3. The maximum atomic E-state index is 10.7. The highest BCUT2D eigenvalue weighted by Crippen LogP contribution is 2.30. The molecule has 1 aromatic carbocycles. The van der Waals surface area contributed by atoms with E-state index in [1.54, 1.807) is 11.3 Å². The van der Waals surface area contributed by atoms with E-state index in [9.17, 15) is 5.11 Å². The molecule has 0 atom stereocenters. The maximum Gasteiger partial charge on any atom is 0.123 e. The van der Waals surface area contributed by atoms with Crippen LogP contribution >= 0.6 is 11.3 Å². The molecule has 0 fully saturated rings. The molecule has 1 N–H and O–H groups in total. The van der Waals surface area contributed by atoms with E-state index in [0.29, 0.717) is 11.7 Å². The molecular weight excluding hydrogens is 314 g/mol. The second-order valence-corrected chi connectivity index (χ2v) is 7.71. The van der Waals surface area contributed by atoms with E-state index in [0.717, 1.165) is 33.0 Å². The largest absolute Gasteiger partial charge is 0.507 e. The average Bonchev–Trinajstić information content (AvgIpc) is 2.99. The molecule has 0 aliphatic heterocycles. The van der Waals surface area contributed by atoms with Gasteiger partial charge in [-0.3, -0.25) is 0 Å². The molecule has 0 aliphatic carbocycles. The molecule has 0 radical (unpaired) electrons. The topological polar surface area (TPSA) is 33.1 Å². The van der Waals surface area contributed by atoms with Crippen LogP contribution in [-0.4, -0.2) is 10.1 Å². The standard InChI is InChI=1S/C21H27NOS/c1-12(2)18(21-22-19(11-24-21)13(3)4)10-20(23)17-9-8-14(5)15(6)16(17)7/h8-11,13,23H,1-7H3/b20-10+. The molecule has 2 aromatic rings. The highest BCUT2D eigenvalue weighted by Gasteiger charge is 2.13. The van der Waals surface area contributed by atoms with E-state index in [4.69, 9.17) is 4.98 Å². The first-order valence-corrected chi connectivity index (χ1v) is 9.21. The number of thiazole rings is 1. The molecule has 0 aliphatic rings. The molecule has 0 unspecified atom stereocenters. The lowest BCUT2D eigenvalue weighted by molar-refractivity contribution is 0.511. The van der Waals surface area contributed by atoms with Crippen molar-refractivity contribution in [2.75, 3.05) is 0 Å². The number of rotatable bonds is 4. The van der Waals surface area contributed by atoms with Crippen molar-refractivity contribution in [1.82, 2.24) is 4.98 Å². The lowest BCUT2D eigenvalue weighted by atomic mass is 9.96. The average molecular weight is 342 g/mol. The van der Waals surface area contributed by atoms with Crippen molar-refractivity contribution in [3.05, 3.63) is 62.1 Å². The summed E-state index contributed by atoms with van der Waals surface area (Å²) in [4.78, 5) is 4.74. The van der Waals surface area contributed by atoms with Gasteiger partial charge in [-0.25, -0.2) is 4.98 Å². The summed E-state index contributed by atoms with van der Waals surface area (Å²) in [5, 5.41) is 13.8. The van der Waals surface area contributed by atoms with E-state index in [1.807, 2.05) is 12.1 Å². The summed E-state index contributed by atoms with van der Waals surface area (Å²) in [5.41, 5.74) is 7.73. The van der Waals surface area contributed by atoms with Crippen LogP contribution in [-0.2, 0) is 0 Å².